The average molecular weight is 272 g/mol. The average Bonchev–Trinajstić information content (AvgIpc) is 2.21. The first-order valence-electron chi connectivity index (χ1n) is 4.70. The molecule has 1 amide bonds. The third-order valence-corrected chi connectivity index (χ3v) is 3.00. The molecule has 1 aromatic rings. The number of nitrogens with one attached hydrogen (secondary N) is 1. The molecule has 0 saturated heterocycles. The van der Waals surface area contributed by atoms with Crippen molar-refractivity contribution in [3.05, 3.63) is 23.8 Å². The van der Waals surface area contributed by atoms with Gasteiger partial charge in [0.15, 0.2) is 5.25 Å². The van der Waals surface area contributed by atoms with Gasteiger partial charge in [-0.15, -0.1) is 0 Å². The number of rotatable bonds is 4. The quantitative estimate of drug-likeness (QED) is 0.538. The Morgan fingerprint density at radius 2 is 2.06 bits per heavy atom. The molecule has 0 heterocycles. The van der Waals surface area contributed by atoms with Gasteiger partial charge in [-0.1, -0.05) is 6.07 Å². The van der Waals surface area contributed by atoms with Gasteiger partial charge < -0.3 is 10.4 Å². The van der Waals surface area contributed by atoms with Crippen LogP contribution in [0.2, 0.25) is 0 Å². The molecule has 0 aliphatic heterocycles. The number of hydrogen-bond donors (Lipinski definition) is 3. The molecule has 1 rings (SSSR count). The Balaban J connectivity index is 3.26. The van der Waals surface area contributed by atoms with Gasteiger partial charge in [0.05, 0.1) is 5.69 Å². The van der Waals surface area contributed by atoms with Gasteiger partial charge in [-0.3, -0.25) is 14.1 Å². The number of aromatic hydroxyl groups is 1. The van der Waals surface area contributed by atoms with Gasteiger partial charge in [-0.25, -0.2) is 0 Å². The lowest BCUT2D eigenvalue weighted by Crippen LogP contribution is -2.14. The molecule has 1 aromatic carbocycles. The fourth-order valence-electron chi connectivity index (χ4n) is 1.31. The second-order valence-corrected chi connectivity index (χ2v) is 4.97. The fraction of sp³-hybridized carbons (Fsp3) is 0.200. The first-order chi connectivity index (χ1) is 8.25. The number of hydrogen-bond acceptors (Lipinski definition) is 5. The summed E-state index contributed by atoms with van der Waals surface area (Å²) in [5, 5.41) is 9.78. The summed E-state index contributed by atoms with van der Waals surface area (Å²) >= 11 is 0. The maximum atomic E-state index is 10.9. The summed E-state index contributed by atoms with van der Waals surface area (Å²) in [5.41, 5.74) is -0.182. The molecule has 1 radical (unpaired) electrons. The van der Waals surface area contributed by atoms with Gasteiger partial charge in [0.2, 0.25) is 12.2 Å². The highest BCUT2D eigenvalue weighted by molar-refractivity contribution is 7.86. The zero-order chi connectivity index (χ0) is 13.9. The number of benzene rings is 1. The Kier molecular flexibility index (Phi) is 4.04. The lowest BCUT2D eigenvalue weighted by atomic mass is 10.1. The summed E-state index contributed by atoms with van der Waals surface area (Å²) < 4.78 is 30.7. The van der Waals surface area contributed by atoms with Crippen LogP contribution in [0.1, 0.15) is 17.7 Å². The highest BCUT2D eigenvalue weighted by atomic mass is 32.2. The highest BCUT2D eigenvalue weighted by Gasteiger charge is 2.26. The SMILES string of the molecule is CC(=O)Nc1cc(C([C]=O)S(=O)(=O)O)ccc1O. The van der Waals surface area contributed by atoms with Crippen molar-refractivity contribution in [1.29, 1.82) is 0 Å². The van der Waals surface area contributed by atoms with Crippen LogP contribution in [-0.2, 0) is 19.7 Å². The molecule has 0 saturated carbocycles. The second-order valence-electron chi connectivity index (χ2n) is 3.47. The second kappa shape index (κ2) is 5.15. The van der Waals surface area contributed by atoms with Crippen molar-refractivity contribution in [3.8, 4) is 5.75 Å². The van der Waals surface area contributed by atoms with E-state index in [0.29, 0.717) is 0 Å². The smallest absolute Gasteiger partial charge is 0.279 e. The Labute approximate surface area is 103 Å². The van der Waals surface area contributed by atoms with E-state index in [1.165, 1.54) is 13.2 Å². The van der Waals surface area contributed by atoms with E-state index in [-0.39, 0.29) is 17.0 Å². The van der Waals surface area contributed by atoms with Crippen molar-refractivity contribution >= 4 is 28.0 Å². The monoisotopic (exact) mass is 272 g/mol. The molecule has 0 aliphatic rings. The van der Waals surface area contributed by atoms with E-state index in [4.69, 9.17) is 4.55 Å². The molecule has 0 aliphatic carbocycles. The summed E-state index contributed by atoms with van der Waals surface area (Å²) in [6.07, 6.45) is 1.18. The van der Waals surface area contributed by atoms with E-state index in [1.54, 1.807) is 0 Å². The topological polar surface area (TPSA) is 121 Å². The highest BCUT2D eigenvalue weighted by Crippen LogP contribution is 2.29. The number of phenolic OH excluding ortho intramolecular Hbond substituents is 1. The number of anilines is 1. The Bertz CT molecular complexity index is 580. The molecule has 0 bridgehead atoms. The van der Waals surface area contributed by atoms with Crippen LogP contribution in [0.15, 0.2) is 18.2 Å². The van der Waals surface area contributed by atoms with E-state index >= 15 is 0 Å². The van der Waals surface area contributed by atoms with Crippen molar-refractivity contribution in [2.45, 2.75) is 12.2 Å². The zero-order valence-electron chi connectivity index (χ0n) is 9.25. The Morgan fingerprint density at radius 3 is 2.50 bits per heavy atom. The third kappa shape index (κ3) is 3.28. The first-order valence-corrected chi connectivity index (χ1v) is 6.20. The van der Waals surface area contributed by atoms with Gasteiger partial charge in [-0.05, 0) is 17.7 Å². The fourth-order valence-corrected chi connectivity index (χ4v) is 1.92. The summed E-state index contributed by atoms with van der Waals surface area (Å²) in [4.78, 5) is 21.4. The minimum Gasteiger partial charge on any atom is -0.506 e. The van der Waals surface area contributed by atoms with Crippen LogP contribution >= 0.6 is 0 Å². The first kappa shape index (κ1) is 14.1. The maximum Gasteiger partial charge on any atom is 0.279 e. The lowest BCUT2D eigenvalue weighted by molar-refractivity contribution is -0.114. The van der Waals surface area contributed by atoms with Gasteiger partial charge in [-0.2, -0.15) is 8.42 Å². The Hall–Kier alpha value is -1.93. The molecule has 1 unspecified atom stereocenters. The summed E-state index contributed by atoms with van der Waals surface area (Å²) in [7, 11) is -4.64. The van der Waals surface area contributed by atoms with Crippen LogP contribution < -0.4 is 5.32 Å². The summed E-state index contributed by atoms with van der Waals surface area (Å²) in [5.74, 6) is -0.783. The number of carbonyl (C=O) groups is 1. The molecule has 1 atom stereocenters. The molecular weight excluding hydrogens is 262 g/mol. The van der Waals surface area contributed by atoms with E-state index < -0.39 is 21.3 Å². The predicted octanol–water partition coefficient (Wildman–Crippen LogP) is 0.389. The summed E-state index contributed by atoms with van der Waals surface area (Å²) in [6, 6.07) is 3.29. The van der Waals surface area contributed by atoms with Crippen LogP contribution in [0.25, 0.3) is 0 Å². The minimum atomic E-state index is -4.64. The van der Waals surface area contributed by atoms with Crippen molar-refractivity contribution in [3.63, 3.8) is 0 Å². The van der Waals surface area contributed by atoms with Gasteiger partial charge in [0.1, 0.15) is 5.75 Å². The van der Waals surface area contributed by atoms with E-state index in [2.05, 4.69) is 5.32 Å². The lowest BCUT2D eigenvalue weighted by Gasteiger charge is -2.10. The molecule has 0 spiro atoms. The van der Waals surface area contributed by atoms with Gasteiger partial charge in [0.25, 0.3) is 10.1 Å². The normalized spacial score (nSPS) is 12.8. The van der Waals surface area contributed by atoms with E-state index in [0.717, 1.165) is 18.2 Å². The summed E-state index contributed by atoms with van der Waals surface area (Å²) in [6.45, 7) is 1.19. The molecule has 7 nitrogen and oxygen atoms in total. The van der Waals surface area contributed by atoms with Crippen molar-refractivity contribution < 1.29 is 27.7 Å². The van der Waals surface area contributed by atoms with Crippen LogP contribution in [0.5, 0.6) is 5.75 Å². The van der Waals surface area contributed by atoms with E-state index in [9.17, 15) is 23.1 Å². The molecule has 0 fully saturated rings. The molecule has 0 aromatic heterocycles. The molecule has 97 valence electrons. The number of amides is 1. The van der Waals surface area contributed by atoms with Crippen LogP contribution in [0, 0.1) is 0 Å². The number of phenols is 1. The molecule has 18 heavy (non-hydrogen) atoms. The van der Waals surface area contributed by atoms with Crippen LogP contribution in [-0.4, -0.2) is 30.3 Å². The van der Waals surface area contributed by atoms with Crippen LogP contribution in [0.4, 0.5) is 5.69 Å². The van der Waals surface area contributed by atoms with Gasteiger partial charge >= 0.3 is 0 Å². The van der Waals surface area contributed by atoms with Crippen LogP contribution in [0.3, 0.4) is 0 Å². The Morgan fingerprint density at radius 1 is 1.44 bits per heavy atom. The van der Waals surface area contributed by atoms with E-state index in [1.807, 2.05) is 0 Å². The predicted molar refractivity (Wildman–Crippen MR) is 62.4 cm³/mol. The van der Waals surface area contributed by atoms with Crippen molar-refractivity contribution in [2.75, 3.05) is 5.32 Å². The maximum absolute atomic E-state index is 10.9. The van der Waals surface area contributed by atoms with Crippen molar-refractivity contribution in [2.24, 2.45) is 0 Å². The molecular formula is C10H10NO6S. The molecule has 8 heteroatoms. The zero-order valence-corrected chi connectivity index (χ0v) is 10.1. The minimum absolute atomic E-state index is 0.0658. The third-order valence-electron chi connectivity index (χ3n) is 2.04. The largest absolute Gasteiger partial charge is 0.506 e. The standard InChI is InChI=1S/C10H10NO6S/c1-6(13)11-8-4-7(2-3-9(8)14)10(5-12)18(15,16)17/h2-4,10,14H,1H3,(H,11,13)(H,15,16,17). The van der Waals surface area contributed by atoms with Gasteiger partial charge in [0, 0.05) is 6.92 Å². The molecule has 3 N–H and O–H groups in total. The van der Waals surface area contributed by atoms with Crippen molar-refractivity contribution in [1.82, 2.24) is 0 Å². The number of carbonyl (C=O) groups excluding carboxylic acids is 2.